The quantitative estimate of drug-likeness (QED) is 0.626. The van der Waals surface area contributed by atoms with Gasteiger partial charge in [-0.3, -0.25) is 14.4 Å². The predicted molar refractivity (Wildman–Crippen MR) is 99.7 cm³/mol. The van der Waals surface area contributed by atoms with Gasteiger partial charge in [-0.25, -0.2) is 10.0 Å². The zero-order chi connectivity index (χ0) is 18.5. The van der Waals surface area contributed by atoms with Crippen molar-refractivity contribution in [1.82, 2.24) is 5.32 Å². The van der Waals surface area contributed by atoms with E-state index >= 15 is 0 Å². The van der Waals surface area contributed by atoms with E-state index in [0.29, 0.717) is 11.4 Å². The van der Waals surface area contributed by atoms with Gasteiger partial charge in [0, 0.05) is 6.54 Å². The number of nitrogens with zero attached hydrogens (tertiary/aromatic N) is 2. The fraction of sp³-hybridized carbons (Fsp3) is 0.211. The summed E-state index contributed by atoms with van der Waals surface area (Å²) in [5, 5.41) is 5.39. The van der Waals surface area contributed by atoms with Gasteiger partial charge in [-0.15, -0.1) is 11.6 Å². The number of para-hydroxylation sites is 2. The monoisotopic (exact) mass is 371 g/mol. The van der Waals surface area contributed by atoms with Crippen molar-refractivity contribution in [3.63, 3.8) is 0 Å². The first kappa shape index (κ1) is 17.9. The van der Waals surface area contributed by atoms with Crippen LogP contribution in [0.25, 0.3) is 0 Å². The highest BCUT2D eigenvalue weighted by Crippen LogP contribution is 2.32. The number of rotatable bonds is 6. The molecule has 1 saturated heterocycles. The molecule has 26 heavy (non-hydrogen) atoms. The number of amides is 3. The van der Waals surface area contributed by atoms with Crippen LogP contribution in [-0.4, -0.2) is 30.1 Å². The van der Waals surface area contributed by atoms with Gasteiger partial charge in [-0.2, -0.15) is 0 Å². The first-order chi connectivity index (χ1) is 12.6. The van der Waals surface area contributed by atoms with Crippen LogP contribution >= 0.6 is 11.6 Å². The Hall–Kier alpha value is -2.86. The van der Waals surface area contributed by atoms with Crippen molar-refractivity contribution in [2.75, 3.05) is 22.4 Å². The molecule has 3 amide bonds. The minimum atomic E-state index is -0.856. The molecule has 1 aliphatic rings. The van der Waals surface area contributed by atoms with Crippen LogP contribution in [0, 0.1) is 5.92 Å². The fourth-order valence-electron chi connectivity index (χ4n) is 2.87. The lowest BCUT2D eigenvalue weighted by atomic mass is 10.0. The molecule has 2 aromatic rings. The van der Waals surface area contributed by atoms with E-state index in [4.69, 9.17) is 11.6 Å². The molecule has 0 bridgehead atoms. The Morgan fingerprint density at radius 3 is 1.77 bits per heavy atom. The topological polar surface area (TPSA) is 69.7 Å². The SMILES string of the molecule is O=C(CCl)NCCC1C(=O)N(c2ccccc2)N(c2ccccc2)C1=O. The van der Waals surface area contributed by atoms with Gasteiger partial charge < -0.3 is 5.32 Å². The number of hydrogen-bond donors (Lipinski definition) is 1. The molecule has 0 spiro atoms. The van der Waals surface area contributed by atoms with Gasteiger partial charge in [0.05, 0.1) is 11.4 Å². The summed E-state index contributed by atoms with van der Waals surface area (Å²) in [5.41, 5.74) is 1.23. The van der Waals surface area contributed by atoms with E-state index < -0.39 is 5.92 Å². The Kier molecular flexibility index (Phi) is 5.53. The second kappa shape index (κ2) is 8.01. The lowest BCUT2D eigenvalue weighted by Gasteiger charge is -2.27. The average Bonchev–Trinajstić information content (AvgIpc) is 2.93. The summed E-state index contributed by atoms with van der Waals surface area (Å²) in [5.74, 6) is -1.97. The van der Waals surface area contributed by atoms with Crippen molar-refractivity contribution in [1.29, 1.82) is 0 Å². The minimum Gasteiger partial charge on any atom is -0.355 e. The molecule has 2 aromatic carbocycles. The van der Waals surface area contributed by atoms with Crippen LogP contribution in [-0.2, 0) is 14.4 Å². The maximum Gasteiger partial charge on any atom is 0.258 e. The second-order valence-electron chi connectivity index (χ2n) is 5.80. The average molecular weight is 372 g/mol. The predicted octanol–water partition coefficient (Wildman–Crippen LogP) is 2.34. The summed E-state index contributed by atoms with van der Waals surface area (Å²) in [6, 6.07) is 18.0. The maximum atomic E-state index is 13.0. The molecule has 0 aromatic heterocycles. The zero-order valence-corrected chi connectivity index (χ0v) is 14.7. The molecule has 1 aliphatic heterocycles. The highest BCUT2D eigenvalue weighted by atomic mass is 35.5. The molecule has 1 N–H and O–H groups in total. The summed E-state index contributed by atoms with van der Waals surface area (Å²) in [4.78, 5) is 37.2. The van der Waals surface area contributed by atoms with Crippen LogP contribution in [0.5, 0.6) is 0 Å². The number of halogens is 1. The number of nitrogens with one attached hydrogen (secondary N) is 1. The van der Waals surface area contributed by atoms with Crippen LogP contribution in [0.1, 0.15) is 6.42 Å². The number of hydrazine groups is 1. The molecule has 0 saturated carbocycles. The van der Waals surface area contributed by atoms with Crippen molar-refractivity contribution in [2.45, 2.75) is 6.42 Å². The van der Waals surface area contributed by atoms with E-state index in [2.05, 4.69) is 5.32 Å². The summed E-state index contributed by atoms with van der Waals surface area (Å²) < 4.78 is 0. The summed E-state index contributed by atoms with van der Waals surface area (Å²) in [6.07, 6.45) is 0.215. The Balaban J connectivity index is 1.89. The van der Waals surface area contributed by atoms with E-state index in [1.54, 1.807) is 24.3 Å². The van der Waals surface area contributed by atoms with Gasteiger partial charge in [0.15, 0.2) is 0 Å². The van der Waals surface area contributed by atoms with E-state index in [-0.39, 0.29) is 36.6 Å². The van der Waals surface area contributed by atoms with Gasteiger partial charge in [-0.1, -0.05) is 36.4 Å². The van der Waals surface area contributed by atoms with E-state index in [9.17, 15) is 14.4 Å². The van der Waals surface area contributed by atoms with Crippen LogP contribution in [0.2, 0.25) is 0 Å². The number of hydrogen-bond acceptors (Lipinski definition) is 3. The third-order valence-corrected chi connectivity index (χ3v) is 4.33. The summed E-state index contributed by atoms with van der Waals surface area (Å²) in [6.45, 7) is 0.207. The molecular formula is C19H18ClN3O3. The molecule has 1 heterocycles. The Morgan fingerprint density at radius 2 is 1.35 bits per heavy atom. The van der Waals surface area contributed by atoms with Gasteiger partial charge in [0.25, 0.3) is 11.8 Å². The molecule has 0 unspecified atom stereocenters. The van der Waals surface area contributed by atoms with Crippen LogP contribution in [0.3, 0.4) is 0 Å². The third-order valence-electron chi connectivity index (χ3n) is 4.09. The van der Waals surface area contributed by atoms with Crippen molar-refractivity contribution in [3.8, 4) is 0 Å². The van der Waals surface area contributed by atoms with Crippen LogP contribution < -0.4 is 15.3 Å². The van der Waals surface area contributed by atoms with Crippen molar-refractivity contribution in [3.05, 3.63) is 60.7 Å². The zero-order valence-electron chi connectivity index (χ0n) is 14.0. The van der Waals surface area contributed by atoms with E-state index in [1.165, 1.54) is 10.0 Å². The molecule has 0 aliphatic carbocycles. The Labute approximate surface area is 156 Å². The van der Waals surface area contributed by atoms with E-state index in [1.807, 2.05) is 36.4 Å². The minimum absolute atomic E-state index is 0.154. The smallest absolute Gasteiger partial charge is 0.258 e. The lowest BCUT2D eigenvalue weighted by Crippen LogP contribution is -2.41. The Morgan fingerprint density at radius 1 is 0.885 bits per heavy atom. The second-order valence-corrected chi connectivity index (χ2v) is 6.06. The van der Waals surface area contributed by atoms with E-state index in [0.717, 1.165) is 0 Å². The fourth-order valence-corrected chi connectivity index (χ4v) is 2.97. The highest BCUT2D eigenvalue weighted by Gasteiger charge is 2.46. The van der Waals surface area contributed by atoms with Crippen molar-refractivity contribution >= 4 is 40.7 Å². The number of alkyl halides is 1. The number of benzene rings is 2. The van der Waals surface area contributed by atoms with Gasteiger partial charge in [0.2, 0.25) is 5.91 Å². The molecule has 0 radical (unpaired) electrons. The molecule has 0 atom stereocenters. The molecular weight excluding hydrogens is 354 g/mol. The first-order valence-corrected chi connectivity index (χ1v) is 8.77. The normalized spacial score (nSPS) is 14.8. The lowest BCUT2D eigenvalue weighted by molar-refractivity contribution is -0.127. The van der Waals surface area contributed by atoms with Gasteiger partial charge in [0.1, 0.15) is 11.8 Å². The Bertz CT molecular complexity index is 741. The molecule has 7 heteroatoms. The number of anilines is 2. The number of carbonyl (C=O) groups excluding carboxylic acids is 3. The molecule has 1 fully saturated rings. The van der Waals surface area contributed by atoms with Crippen molar-refractivity contribution < 1.29 is 14.4 Å². The van der Waals surface area contributed by atoms with Gasteiger partial charge in [-0.05, 0) is 30.7 Å². The third kappa shape index (κ3) is 3.55. The highest BCUT2D eigenvalue weighted by molar-refractivity contribution is 6.27. The summed E-state index contributed by atoms with van der Waals surface area (Å²) >= 11 is 5.45. The van der Waals surface area contributed by atoms with Crippen molar-refractivity contribution in [2.24, 2.45) is 5.92 Å². The molecule has 134 valence electrons. The largest absolute Gasteiger partial charge is 0.355 e. The number of carbonyl (C=O) groups is 3. The summed E-state index contributed by atoms with van der Waals surface area (Å²) in [7, 11) is 0. The first-order valence-electron chi connectivity index (χ1n) is 8.24. The molecule has 3 rings (SSSR count). The molecule has 6 nitrogen and oxygen atoms in total. The van der Waals surface area contributed by atoms with Crippen LogP contribution in [0.4, 0.5) is 11.4 Å². The standard InChI is InChI=1S/C19H18ClN3O3/c20-13-17(24)21-12-11-16-18(25)22(14-7-3-1-4-8-14)23(19(16)26)15-9-5-2-6-10-15/h1-10,16H,11-13H2,(H,21,24). The van der Waals surface area contributed by atoms with Crippen LogP contribution in [0.15, 0.2) is 60.7 Å². The maximum absolute atomic E-state index is 13.0. The van der Waals surface area contributed by atoms with Gasteiger partial charge >= 0.3 is 0 Å².